The van der Waals surface area contributed by atoms with Gasteiger partial charge in [0.2, 0.25) is 0 Å². The van der Waals surface area contributed by atoms with Gasteiger partial charge in [0.15, 0.2) is 0 Å². The third kappa shape index (κ3) is 3.72. The van der Waals surface area contributed by atoms with Crippen LogP contribution in [0.2, 0.25) is 5.02 Å². The second kappa shape index (κ2) is 6.92. The third-order valence-electron chi connectivity index (χ3n) is 3.66. The molecular formula is C17H11ClF3N3O3. The van der Waals surface area contributed by atoms with Crippen molar-refractivity contribution in [1.82, 2.24) is 9.71 Å². The van der Waals surface area contributed by atoms with Gasteiger partial charge in [-0.2, -0.15) is 13.2 Å². The van der Waals surface area contributed by atoms with Crippen molar-refractivity contribution < 1.29 is 27.9 Å². The zero-order chi connectivity index (χ0) is 19.8. The molecule has 0 fully saturated rings. The number of benzene rings is 1. The van der Waals surface area contributed by atoms with Crippen molar-refractivity contribution >= 4 is 28.4 Å². The molecule has 1 N–H and O–H groups in total. The second-order valence-electron chi connectivity index (χ2n) is 5.38. The van der Waals surface area contributed by atoms with E-state index in [4.69, 9.17) is 16.3 Å². The van der Waals surface area contributed by atoms with E-state index in [0.717, 1.165) is 18.3 Å². The van der Waals surface area contributed by atoms with Crippen LogP contribution in [0.25, 0.3) is 10.9 Å². The number of methoxy groups -OCH3 is 1. The molecule has 140 valence electrons. The molecule has 10 heteroatoms. The molecule has 0 saturated carbocycles. The van der Waals surface area contributed by atoms with E-state index < -0.39 is 17.8 Å². The first-order chi connectivity index (χ1) is 12.7. The molecule has 1 amide bonds. The van der Waals surface area contributed by atoms with Gasteiger partial charge in [-0.1, -0.05) is 11.6 Å². The number of fused-ring (bicyclic) bond motifs is 1. The maximum atomic E-state index is 12.9. The second-order valence-corrected chi connectivity index (χ2v) is 5.79. The van der Waals surface area contributed by atoms with Crippen molar-refractivity contribution in [2.75, 3.05) is 7.11 Å². The Kier molecular flexibility index (Phi) is 4.79. The lowest BCUT2D eigenvalue weighted by Crippen LogP contribution is -2.11. The number of rotatable bonds is 2. The maximum absolute atomic E-state index is 12.9. The first kappa shape index (κ1) is 18.7. The molecule has 3 aromatic rings. The standard InChI is InChI=1S/C17H11ClF3N3O3/c1-27-13-4-2-10(9-3-5-14(17(19,20)21)23-15(9)13)16(25)22-12-6-7-24(26)8-11(12)18/h2-8,26H,1H3. The van der Waals surface area contributed by atoms with Crippen LogP contribution in [-0.4, -0.2) is 27.9 Å². The Morgan fingerprint density at radius 2 is 2.00 bits per heavy atom. The molecule has 0 radical (unpaired) electrons. The Balaban J connectivity index is 2.18. The monoisotopic (exact) mass is 397 g/mol. The summed E-state index contributed by atoms with van der Waals surface area (Å²) in [5, 5.41) is 9.53. The summed E-state index contributed by atoms with van der Waals surface area (Å²) in [7, 11) is 1.29. The highest BCUT2D eigenvalue weighted by Gasteiger charge is 2.33. The summed E-state index contributed by atoms with van der Waals surface area (Å²) < 4.78 is 44.6. The fourth-order valence-electron chi connectivity index (χ4n) is 2.41. The van der Waals surface area contributed by atoms with Crippen LogP contribution in [0.1, 0.15) is 16.1 Å². The summed E-state index contributed by atoms with van der Waals surface area (Å²) in [4.78, 5) is 20.0. The van der Waals surface area contributed by atoms with E-state index in [1.165, 1.54) is 31.5 Å². The fraction of sp³-hybridized carbons (Fsp3) is 0.118. The van der Waals surface area contributed by atoms with Crippen LogP contribution in [0.5, 0.6) is 5.75 Å². The average molecular weight is 398 g/mol. The molecule has 2 heterocycles. The zero-order valence-electron chi connectivity index (χ0n) is 13.7. The summed E-state index contributed by atoms with van der Waals surface area (Å²) in [5.74, 6) is -0.645. The number of amides is 1. The quantitative estimate of drug-likeness (QED) is 0.669. The molecule has 0 spiro atoms. The van der Waals surface area contributed by atoms with Crippen LogP contribution >= 0.6 is 11.6 Å². The molecule has 0 unspecified atom stereocenters. The van der Waals surface area contributed by atoms with Crippen molar-refractivity contribution in [2.45, 2.75) is 6.18 Å². The Bertz CT molecular complexity index is 1110. The number of pyridine rings is 2. The van der Waals surface area contributed by atoms with Gasteiger partial charge in [0.25, 0.3) is 5.91 Å². The summed E-state index contributed by atoms with van der Waals surface area (Å²) in [6, 6.07) is 5.96. The Morgan fingerprint density at radius 3 is 2.63 bits per heavy atom. The number of aromatic nitrogens is 2. The van der Waals surface area contributed by atoms with Crippen LogP contribution in [0.4, 0.5) is 13.2 Å². The molecular weight excluding hydrogens is 387 g/mol. The number of carbonyl (C=O) groups is 1. The minimum absolute atomic E-state index is 0.0173. The minimum atomic E-state index is -4.64. The minimum Gasteiger partial charge on any atom is -0.494 e. The number of alkyl halides is 3. The predicted molar refractivity (Wildman–Crippen MR) is 89.8 cm³/mol. The lowest BCUT2D eigenvalue weighted by molar-refractivity contribution is -0.140. The number of nitrogens with zero attached hydrogens (tertiary/aromatic N) is 3. The van der Waals surface area contributed by atoms with Gasteiger partial charge in [-0.25, -0.2) is 14.7 Å². The lowest BCUT2D eigenvalue weighted by Gasteiger charge is -2.11. The molecule has 0 saturated heterocycles. The predicted octanol–water partition coefficient (Wildman–Crippen LogP) is 3.70. The number of ether oxygens (including phenoxy) is 1. The zero-order valence-corrected chi connectivity index (χ0v) is 14.4. The molecule has 3 rings (SSSR count). The van der Waals surface area contributed by atoms with Crippen LogP contribution < -0.4 is 10.1 Å². The molecule has 0 aliphatic carbocycles. The van der Waals surface area contributed by atoms with Crippen LogP contribution in [-0.2, 0) is 6.18 Å². The van der Waals surface area contributed by atoms with Crippen molar-refractivity contribution in [3.05, 3.63) is 64.4 Å². The van der Waals surface area contributed by atoms with E-state index in [0.29, 0.717) is 4.73 Å². The first-order valence-corrected chi connectivity index (χ1v) is 7.79. The summed E-state index contributed by atoms with van der Waals surface area (Å²) in [6.45, 7) is 0. The van der Waals surface area contributed by atoms with Crippen molar-refractivity contribution in [1.29, 1.82) is 0 Å². The molecule has 0 bridgehead atoms. The van der Waals surface area contributed by atoms with Gasteiger partial charge in [-0.15, -0.1) is 0 Å². The van der Waals surface area contributed by atoms with Crippen molar-refractivity contribution in [2.24, 2.45) is 4.99 Å². The topological polar surface area (TPSA) is 76.7 Å². The van der Waals surface area contributed by atoms with Gasteiger partial charge >= 0.3 is 6.18 Å². The summed E-state index contributed by atoms with van der Waals surface area (Å²) in [5.41, 5.74) is -1.18. The van der Waals surface area contributed by atoms with E-state index in [2.05, 4.69) is 9.98 Å². The number of carbonyl (C=O) groups excluding carboxylic acids is 1. The molecule has 27 heavy (non-hydrogen) atoms. The maximum Gasteiger partial charge on any atom is 0.433 e. The molecule has 0 aliphatic heterocycles. The van der Waals surface area contributed by atoms with Gasteiger partial charge in [-0.3, -0.25) is 4.79 Å². The highest BCUT2D eigenvalue weighted by atomic mass is 35.5. The molecule has 0 atom stereocenters. The number of hydrogen-bond acceptors (Lipinski definition) is 4. The van der Waals surface area contributed by atoms with E-state index in [1.807, 2.05) is 0 Å². The van der Waals surface area contributed by atoms with Crippen LogP contribution in [0.15, 0.2) is 47.7 Å². The van der Waals surface area contributed by atoms with Gasteiger partial charge in [0, 0.05) is 11.6 Å². The van der Waals surface area contributed by atoms with Crippen LogP contribution in [0, 0.1) is 0 Å². The molecule has 2 aromatic heterocycles. The van der Waals surface area contributed by atoms with Gasteiger partial charge < -0.3 is 9.94 Å². The van der Waals surface area contributed by atoms with E-state index in [-0.39, 0.29) is 32.6 Å². The van der Waals surface area contributed by atoms with Gasteiger partial charge in [0.1, 0.15) is 17.0 Å². The fourth-order valence-corrected chi connectivity index (χ4v) is 2.62. The van der Waals surface area contributed by atoms with E-state index in [1.54, 1.807) is 0 Å². The summed E-state index contributed by atoms with van der Waals surface area (Å²) in [6.07, 6.45) is -2.28. The van der Waals surface area contributed by atoms with E-state index in [9.17, 15) is 23.2 Å². The van der Waals surface area contributed by atoms with Crippen molar-refractivity contribution in [3.63, 3.8) is 0 Å². The third-order valence-corrected chi connectivity index (χ3v) is 3.95. The van der Waals surface area contributed by atoms with Crippen molar-refractivity contribution in [3.8, 4) is 5.75 Å². The molecule has 0 aliphatic rings. The Hall–Kier alpha value is -3.07. The lowest BCUT2D eigenvalue weighted by atomic mass is 10.1. The summed E-state index contributed by atoms with van der Waals surface area (Å²) >= 11 is 5.91. The molecule has 6 nitrogen and oxygen atoms in total. The first-order valence-electron chi connectivity index (χ1n) is 7.42. The Labute approximate surface area is 155 Å². The smallest absolute Gasteiger partial charge is 0.433 e. The normalized spacial score (nSPS) is 12.4. The average Bonchev–Trinajstić information content (AvgIpc) is 2.61. The SMILES string of the molecule is COc1ccc(C(=O)N=c2ccn(O)cc2Cl)c2ccc(C(F)(F)F)nc12. The van der Waals surface area contributed by atoms with Gasteiger partial charge in [0.05, 0.1) is 29.2 Å². The molecule has 1 aromatic carbocycles. The number of halogens is 4. The van der Waals surface area contributed by atoms with Gasteiger partial charge in [-0.05, 0) is 30.3 Å². The highest BCUT2D eigenvalue weighted by molar-refractivity contribution is 6.30. The van der Waals surface area contributed by atoms with E-state index >= 15 is 0 Å². The highest BCUT2D eigenvalue weighted by Crippen LogP contribution is 2.33. The van der Waals surface area contributed by atoms with Crippen LogP contribution in [0.3, 0.4) is 0 Å². The number of hydrogen-bond donors (Lipinski definition) is 1. The Morgan fingerprint density at radius 1 is 1.26 bits per heavy atom. The largest absolute Gasteiger partial charge is 0.494 e.